The summed E-state index contributed by atoms with van der Waals surface area (Å²) in [6, 6.07) is 16.4. The van der Waals surface area contributed by atoms with E-state index in [0.29, 0.717) is 36.1 Å². The van der Waals surface area contributed by atoms with Crippen LogP contribution in [0.2, 0.25) is 0 Å². The molecule has 0 radical (unpaired) electrons. The molecule has 31 nitrogen and oxygen atoms in total. The number of carbonyl (C=O) groups excluding carboxylic acids is 12. The number of carboxylic acids is 1. The number of hydrogen-bond acceptors (Lipinski definition) is 27. The number of imide groups is 1. The molecule has 4 amide bonds. The second-order valence-corrected chi connectivity index (χ2v) is 49.5. The van der Waals surface area contributed by atoms with Crippen LogP contribution >= 0.6 is 0 Å². The summed E-state index contributed by atoms with van der Waals surface area (Å²) in [5.74, 6) is -2.25. The van der Waals surface area contributed by atoms with Crippen LogP contribution in [0, 0.1) is 97.6 Å². The fraction of sp³-hybridized carbons (Fsp3) is 0.748. The number of carbonyl (C=O) groups is 13. The van der Waals surface area contributed by atoms with Gasteiger partial charge in [-0.15, -0.1) is 0 Å². The first-order chi connectivity index (χ1) is 65.7. The number of esters is 7. The lowest BCUT2D eigenvalue weighted by molar-refractivity contribution is -0.163. The number of carboxylic acid groups (broad SMARTS) is 1. The fourth-order valence-corrected chi connectivity index (χ4v) is 23.8. The van der Waals surface area contributed by atoms with Crippen LogP contribution in [0.3, 0.4) is 0 Å². The predicted octanol–water partition coefficient (Wildman–Crippen LogP) is 19.4. The van der Waals surface area contributed by atoms with Gasteiger partial charge in [-0.1, -0.05) is 154 Å². The van der Waals surface area contributed by atoms with Crippen LogP contribution in [-0.2, 0) is 113 Å². The quantitative estimate of drug-likeness (QED) is 0.0540. The number of benzene rings is 2. The van der Waals surface area contributed by atoms with Gasteiger partial charge in [0.25, 0.3) is 0 Å². The molecule has 0 spiro atoms. The molecule has 31 heteroatoms. The molecule has 2 aromatic rings. The van der Waals surface area contributed by atoms with Gasteiger partial charge >= 0.3 is 65.9 Å². The van der Waals surface area contributed by atoms with E-state index >= 15 is 0 Å². The van der Waals surface area contributed by atoms with Crippen molar-refractivity contribution in [1.29, 1.82) is 0 Å². The molecule has 13 fully saturated rings. The lowest BCUT2D eigenvalue weighted by atomic mass is 9.70. The Morgan fingerprint density at radius 3 is 1.36 bits per heavy atom. The number of nitrogens with two attached hydrogens (primary N) is 1. The van der Waals surface area contributed by atoms with Crippen molar-refractivity contribution in [2.24, 2.45) is 118 Å². The van der Waals surface area contributed by atoms with Gasteiger partial charge in [-0.05, 0) is 291 Å². The van der Waals surface area contributed by atoms with Crippen LogP contribution in [0.15, 0.2) is 75.8 Å². The molecule has 6 bridgehead atoms. The Morgan fingerprint density at radius 1 is 0.465 bits per heavy atom. The third kappa shape index (κ3) is 29.0. The molecule has 3 aliphatic heterocycles. The molecule has 10 saturated carbocycles. The van der Waals surface area contributed by atoms with Crippen molar-refractivity contribution in [3.05, 3.63) is 71.8 Å². The van der Waals surface area contributed by atoms with E-state index in [1.807, 2.05) is 144 Å². The number of ether oxygens (including phenoxy) is 9. The molecular formula is C111H169N7O24. The lowest BCUT2D eigenvalue weighted by Gasteiger charge is -2.36. The average Bonchev–Trinajstić information content (AvgIpc) is 1.56. The number of amides is 4. The number of methoxy groups -OCH3 is 1. The van der Waals surface area contributed by atoms with Crippen LogP contribution in [0.5, 0.6) is 0 Å². The molecule has 7 unspecified atom stereocenters. The monoisotopic (exact) mass is 1980 g/mol. The van der Waals surface area contributed by atoms with Crippen molar-refractivity contribution in [1.82, 2.24) is 15.1 Å². The topological polar surface area (TPSA) is 416 Å². The first-order valence-corrected chi connectivity index (χ1v) is 51.7. The number of aliphatic carboxylic acids is 1. The van der Waals surface area contributed by atoms with Gasteiger partial charge in [0, 0.05) is 63.8 Å². The van der Waals surface area contributed by atoms with Crippen LogP contribution < -0.4 is 11.1 Å². The smallest absolute Gasteiger partial charge is 0.417 e. The third-order valence-electron chi connectivity index (χ3n) is 32.3. The zero-order valence-corrected chi connectivity index (χ0v) is 90.4. The number of rotatable bonds is 18. The van der Waals surface area contributed by atoms with E-state index in [-0.39, 0.29) is 155 Å². The Morgan fingerprint density at radius 2 is 0.901 bits per heavy atom. The Bertz CT molecular complexity index is 4900. The first-order valence-electron chi connectivity index (χ1n) is 51.7. The van der Waals surface area contributed by atoms with E-state index in [9.17, 15) is 62.3 Å². The van der Waals surface area contributed by atoms with Gasteiger partial charge < -0.3 is 63.6 Å². The second-order valence-electron chi connectivity index (χ2n) is 49.5. The van der Waals surface area contributed by atoms with E-state index in [4.69, 9.17) is 63.3 Å². The number of likely N-dealkylation sites (tertiary alicyclic amines) is 2. The maximum atomic E-state index is 13.2. The number of fused-ring (bicyclic) bond motifs is 9. The molecule has 0 aromatic heterocycles. The van der Waals surface area contributed by atoms with E-state index in [1.165, 1.54) is 38.5 Å². The van der Waals surface area contributed by atoms with Gasteiger partial charge in [0.15, 0.2) is 6.04 Å². The fourth-order valence-electron chi connectivity index (χ4n) is 23.8. The average molecular weight is 1990 g/mol. The minimum Gasteiger partial charge on any atom is -0.481 e. The van der Waals surface area contributed by atoms with Crippen molar-refractivity contribution in [2.45, 2.75) is 406 Å². The maximum absolute atomic E-state index is 13.2. The van der Waals surface area contributed by atoms with Crippen molar-refractivity contribution < 1.29 is 115 Å². The Kier molecular flexibility index (Phi) is 37.8. The van der Waals surface area contributed by atoms with Gasteiger partial charge in [0.2, 0.25) is 11.8 Å². The summed E-state index contributed by atoms with van der Waals surface area (Å²) in [4.78, 5) is 174. The van der Waals surface area contributed by atoms with E-state index in [2.05, 4.69) is 77.8 Å². The molecule has 2 aromatic carbocycles. The Labute approximate surface area is 843 Å². The highest BCUT2D eigenvalue weighted by molar-refractivity contribution is 6.02. The molecule has 10 aliphatic carbocycles. The van der Waals surface area contributed by atoms with Crippen LogP contribution in [0.25, 0.3) is 0 Å². The van der Waals surface area contributed by atoms with E-state index < -0.39 is 87.9 Å². The largest absolute Gasteiger partial charge is 0.481 e. The van der Waals surface area contributed by atoms with E-state index in [1.54, 1.807) is 46.4 Å². The van der Waals surface area contributed by atoms with Crippen LogP contribution in [0.1, 0.15) is 346 Å². The highest BCUT2D eigenvalue weighted by atomic mass is 16.7. The number of nitrogens with zero attached hydrogens (tertiary/aromatic N) is 5. The highest BCUT2D eigenvalue weighted by Crippen LogP contribution is 2.67. The maximum Gasteiger partial charge on any atom is 0.417 e. The third-order valence-corrected chi connectivity index (χ3v) is 32.3. The molecule has 15 rings (SSSR count). The minimum absolute atomic E-state index is 0.00471. The van der Waals surface area contributed by atoms with Gasteiger partial charge in [-0.3, -0.25) is 43.7 Å². The minimum atomic E-state index is -1.00. The molecule has 3 heterocycles. The number of oxime groups is 1. The number of hydrogen-bond donors (Lipinski definition) is 3. The summed E-state index contributed by atoms with van der Waals surface area (Å²) in [6.45, 7) is 54.8. The van der Waals surface area contributed by atoms with Crippen molar-refractivity contribution in [3.63, 3.8) is 0 Å². The van der Waals surface area contributed by atoms with Crippen molar-refractivity contribution >= 4 is 94.9 Å². The Hall–Kier alpha value is -9.68. The van der Waals surface area contributed by atoms with Crippen LogP contribution in [-0.4, -0.2) is 194 Å². The zero-order valence-electron chi connectivity index (χ0n) is 90.4. The molecule has 13 aliphatic rings. The normalized spacial score (nSPS) is 29.9. The molecule has 3 saturated heterocycles. The first kappa shape index (κ1) is 116. The molecule has 18 atom stereocenters. The van der Waals surface area contributed by atoms with Crippen molar-refractivity contribution in [2.75, 3.05) is 26.7 Å². The van der Waals surface area contributed by atoms with Gasteiger partial charge in [0.05, 0.1) is 38.1 Å². The molecule has 142 heavy (non-hydrogen) atoms. The van der Waals surface area contributed by atoms with Crippen molar-refractivity contribution in [3.8, 4) is 0 Å². The van der Waals surface area contributed by atoms with Gasteiger partial charge in [-0.2, -0.15) is 0 Å². The Balaban J connectivity index is 0.000000188. The SMILES string of the molecule is CC(C)(C)OC(=O)CN.CC(C)(C)OC(=O)CN=C1CC2CCC1(C)C2(C)C.CC(C)(C)OC(=O)[C@@H]1[C@H]2CCC[C@H]2C(=O)N1C(=O)OCc1ccccc1.CC(C)(C)OC(=O)[C@@H]1[C@H]2CCC[C@H]2CN1C(=O)OCc1ccccc1.CC(C)(C)OC(=O)[C@H]1NC(=O)[C@@H]2CCC[C@H]12.CC12CCC(C/C1=N\OC(=O)CCC(=O)O)C2(C)C.COC(=O)[C@@H]1CCC[C@@H]1C(N=C1CC2CCC1(C)C2(C)C)C(=O)OC(C)(C)C. The molecule has 792 valence electrons. The zero-order chi connectivity index (χ0) is 106. The number of aliphatic imine (C=N–C) groups is 2. The summed E-state index contributed by atoms with van der Waals surface area (Å²) in [5, 5.41) is 15.3. The molecule has 4 N–H and O–H groups in total. The molecular weight excluding hydrogens is 1820 g/mol. The standard InChI is InChI=1S/C23H37NO4.C20H25NO5.C20H27NO4.C16H27NO2.C14H21NO4.C12H19NO3.C6H13NO2/c1-21(2,3)28-20(26)18(15-9-8-10-16(15)19(25)27-7)24-17-13-14-11-12-23(17,6)22(14,4)5;1-20(2,3)26-18(23)16-14-10-7-11-15(14)17(22)21(16)19(24)25-12-13-8-5-4-6-9-13;1-20(2,3)25-18(22)17-16-11-7-10-15(16)12-21(17)19(23)24-13-14-8-5-4-6-9-14;1-14(2,3)19-13(18)10-17-12-9-11-7-8-16(12,6)15(11,4)5;1-13(2)9-6-7-14(13,3)10(8-9)15-19-12(18)5-4-11(16)17;1-12(2,3)16-11(15)9-7-5-4-6-8(7)10(14)13-9;1-6(2,3)9-5(8)4-7/h14-16,18H,8-13H2,1-7H3;4-6,8-9,14-16H,7,10-12H2,1-3H3;4-6,8-9,15-17H,7,10-13H2,1-3H3;11H,7-10H2,1-6H3;9H,4-8H2,1-3H3,(H,16,17);7-9H,4-6H2,1-3H3,(H,13,14);4,7H2,1-3H3/b;;;;15-10+;;/t14?,15-,16+,18?,23?;14-,15+,16-;15-,16-,17-;;;7-,8+,9-;/m000..0./s1. The highest BCUT2D eigenvalue weighted by Gasteiger charge is 2.64. The lowest BCUT2D eigenvalue weighted by Crippen LogP contribution is -2.47. The van der Waals surface area contributed by atoms with E-state index in [0.717, 1.165) is 136 Å². The van der Waals surface area contributed by atoms with Gasteiger partial charge in [0.1, 0.15) is 71.5 Å². The summed E-state index contributed by atoms with van der Waals surface area (Å²) in [6.07, 6.45) is 19.4. The predicted molar refractivity (Wildman–Crippen MR) is 537 cm³/mol. The summed E-state index contributed by atoms with van der Waals surface area (Å²) in [7, 11) is 1.42. The number of nitrogens with one attached hydrogen (secondary N) is 1. The van der Waals surface area contributed by atoms with Crippen LogP contribution in [0.4, 0.5) is 9.59 Å². The second kappa shape index (κ2) is 46.4. The summed E-state index contributed by atoms with van der Waals surface area (Å²) in [5.41, 5.74) is 7.89. The summed E-state index contributed by atoms with van der Waals surface area (Å²) < 4.78 is 48.1. The summed E-state index contributed by atoms with van der Waals surface area (Å²) >= 11 is 0. The van der Waals surface area contributed by atoms with Gasteiger partial charge in [-0.25, -0.2) is 38.5 Å².